The molecule has 0 spiro atoms. The Balaban J connectivity index is 1.97. The van der Waals surface area contributed by atoms with Crippen LogP contribution in [0.2, 0.25) is 0 Å². The normalized spacial score (nSPS) is 19.0. The van der Waals surface area contributed by atoms with Crippen molar-refractivity contribution < 1.29 is 14.7 Å². The minimum absolute atomic E-state index is 0.148. The summed E-state index contributed by atoms with van der Waals surface area (Å²) >= 11 is 1.30. The van der Waals surface area contributed by atoms with Crippen LogP contribution in [0, 0.1) is 0 Å². The summed E-state index contributed by atoms with van der Waals surface area (Å²) in [5.41, 5.74) is 0. The first kappa shape index (κ1) is 15.8. The third-order valence-corrected chi connectivity index (χ3v) is 4.47. The Morgan fingerprint density at radius 3 is 2.90 bits per heavy atom. The van der Waals surface area contributed by atoms with Crippen molar-refractivity contribution in [1.29, 1.82) is 0 Å². The van der Waals surface area contributed by atoms with Gasteiger partial charge >= 0.3 is 5.97 Å². The maximum atomic E-state index is 12.3. The van der Waals surface area contributed by atoms with Crippen LogP contribution in [0.25, 0.3) is 0 Å². The van der Waals surface area contributed by atoms with Crippen molar-refractivity contribution in [1.82, 2.24) is 19.7 Å². The van der Waals surface area contributed by atoms with Gasteiger partial charge in [-0.05, 0) is 33.1 Å². The van der Waals surface area contributed by atoms with Crippen LogP contribution in [-0.2, 0) is 9.59 Å². The van der Waals surface area contributed by atoms with Crippen molar-refractivity contribution in [3.05, 3.63) is 6.33 Å². The van der Waals surface area contributed by atoms with Crippen LogP contribution in [0.5, 0.6) is 0 Å². The molecule has 1 amide bonds. The summed E-state index contributed by atoms with van der Waals surface area (Å²) < 4.78 is 1.89. The SMILES string of the molecule is CC(C)n1cnnc1SCC(=O)N1CCCC[C@@H]1C(=O)O. The summed E-state index contributed by atoms with van der Waals surface area (Å²) in [6, 6.07) is -0.464. The van der Waals surface area contributed by atoms with E-state index < -0.39 is 12.0 Å². The number of nitrogens with zero attached hydrogens (tertiary/aromatic N) is 4. The molecule has 116 valence electrons. The van der Waals surface area contributed by atoms with Crippen LogP contribution < -0.4 is 0 Å². The maximum Gasteiger partial charge on any atom is 0.326 e. The Morgan fingerprint density at radius 1 is 1.48 bits per heavy atom. The number of hydrogen-bond donors (Lipinski definition) is 1. The van der Waals surface area contributed by atoms with Crippen molar-refractivity contribution in [2.75, 3.05) is 12.3 Å². The number of hydrogen-bond acceptors (Lipinski definition) is 5. The van der Waals surface area contributed by atoms with E-state index in [0.29, 0.717) is 18.1 Å². The number of carbonyl (C=O) groups is 2. The van der Waals surface area contributed by atoms with Gasteiger partial charge in [0.05, 0.1) is 5.75 Å². The average molecular weight is 312 g/mol. The molecule has 1 N–H and O–H groups in total. The molecule has 2 rings (SSSR count). The highest BCUT2D eigenvalue weighted by molar-refractivity contribution is 7.99. The smallest absolute Gasteiger partial charge is 0.326 e. The highest BCUT2D eigenvalue weighted by Crippen LogP contribution is 2.22. The van der Waals surface area contributed by atoms with Crippen molar-refractivity contribution in [2.45, 2.75) is 50.4 Å². The number of carbonyl (C=O) groups excluding carboxylic acids is 1. The summed E-state index contributed by atoms with van der Waals surface area (Å²) in [6.07, 6.45) is 3.89. The molecule has 8 heteroatoms. The number of piperidine rings is 1. The van der Waals surface area contributed by atoms with Gasteiger partial charge in [0.1, 0.15) is 12.4 Å². The monoisotopic (exact) mass is 312 g/mol. The van der Waals surface area contributed by atoms with E-state index >= 15 is 0 Å². The molecule has 2 heterocycles. The lowest BCUT2D eigenvalue weighted by atomic mass is 10.0. The van der Waals surface area contributed by atoms with Crippen LogP contribution in [0.3, 0.4) is 0 Å². The molecular weight excluding hydrogens is 292 g/mol. The lowest BCUT2D eigenvalue weighted by molar-refractivity contribution is -0.150. The molecule has 0 radical (unpaired) electrons. The van der Waals surface area contributed by atoms with Crippen molar-refractivity contribution in [3.63, 3.8) is 0 Å². The molecule has 21 heavy (non-hydrogen) atoms. The molecular formula is C13H20N4O3S. The zero-order valence-corrected chi connectivity index (χ0v) is 13.0. The zero-order chi connectivity index (χ0) is 15.4. The van der Waals surface area contributed by atoms with E-state index in [4.69, 9.17) is 0 Å². The van der Waals surface area contributed by atoms with Gasteiger partial charge in [0.25, 0.3) is 0 Å². The summed E-state index contributed by atoms with van der Waals surface area (Å²) in [5.74, 6) is -0.876. The third kappa shape index (κ3) is 3.75. The first-order valence-corrected chi connectivity index (χ1v) is 8.04. The molecule has 1 fully saturated rings. The van der Waals surface area contributed by atoms with E-state index in [9.17, 15) is 14.7 Å². The van der Waals surface area contributed by atoms with E-state index in [-0.39, 0.29) is 17.7 Å². The predicted octanol–water partition coefficient (Wildman–Crippen LogP) is 1.42. The molecule has 1 aromatic heterocycles. The fourth-order valence-corrected chi connectivity index (χ4v) is 3.32. The van der Waals surface area contributed by atoms with Gasteiger partial charge in [0.15, 0.2) is 5.16 Å². The fraction of sp³-hybridized carbons (Fsp3) is 0.692. The van der Waals surface area contributed by atoms with Gasteiger partial charge in [-0.15, -0.1) is 10.2 Å². The van der Waals surface area contributed by atoms with Gasteiger partial charge in [0.2, 0.25) is 5.91 Å². The first-order chi connectivity index (χ1) is 10.0. The first-order valence-electron chi connectivity index (χ1n) is 7.05. The molecule has 0 aliphatic carbocycles. The van der Waals surface area contributed by atoms with Gasteiger partial charge in [-0.2, -0.15) is 0 Å². The summed E-state index contributed by atoms with van der Waals surface area (Å²) in [7, 11) is 0. The number of carboxylic acid groups (broad SMARTS) is 1. The van der Waals surface area contributed by atoms with Gasteiger partial charge in [0, 0.05) is 12.6 Å². The minimum atomic E-state index is -0.918. The molecule has 0 bridgehead atoms. The number of aromatic nitrogens is 3. The Bertz CT molecular complexity index is 517. The number of carboxylic acids is 1. The fourth-order valence-electron chi connectivity index (χ4n) is 2.39. The molecule has 1 saturated heterocycles. The molecule has 1 aliphatic rings. The summed E-state index contributed by atoms with van der Waals surface area (Å²) in [6.45, 7) is 4.55. The number of amides is 1. The van der Waals surface area contributed by atoms with Gasteiger partial charge < -0.3 is 14.6 Å². The zero-order valence-electron chi connectivity index (χ0n) is 12.2. The summed E-state index contributed by atoms with van der Waals surface area (Å²) in [4.78, 5) is 25.0. The molecule has 1 aliphatic heterocycles. The van der Waals surface area contributed by atoms with E-state index in [1.807, 2.05) is 18.4 Å². The number of likely N-dealkylation sites (tertiary alicyclic amines) is 1. The lowest BCUT2D eigenvalue weighted by Gasteiger charge is -2.32. The van der Waals surface area contributed by atoms with Crippen LogP contribution in [0.4, 0.5) is 0 Å². The molecule has 0 saturated carbocycles. The number of thioether (sulfide) groups is 1. The van der Waals surface area contributed by atoms with Gasteiger partial charge in [-0.1, -0.05) is 11.8 Å². The highest BCUT2D eigenvalue weighted by atomic mass is 32.2. The second kappa shape index (κ2) is 6.93. The van der Waals surface area contributed by atoms with E-state index in [0.717, 1.165) is 12.8 Å². The number of aliphatic carboxylic acids is 1. The minimum Gasteiger partial charge on any atom is -0.480 e. The van der Waals surface area contributed by atoms with Crippen molar-refractivity contribution in [2.24, 2.45) is 0 Å². The Hall–Kier alpha value is -1.57. The Labute approximate surface area is 127 Å². The predicted molar refractivity (Wildman–Crippen MR) is 78.1 cm³/mol. The van der Waals surface area contributed by atoms with Crippen LogP contribution in [-0.4, -0.2) is 55.0 Å². The maximum absolute atomic E-state index is 12.3. The van der Waals surface area contributed by atoms with E-state index in [1.54, 1.807) is 6.33 Å². The van der Waals surface area contributed by atoms with Crippen LogP contribution >= 0.6 is 11.8 Å². The average Bonchev–Trinajstić information content (AvgIpc) is 2.93. The molecule has 7 nitrogen and oxygen atoms in total. The Kier molecular flexibility index (Phi) is 5.22. The molecule has 1 aromatic rings. The largest absolute Gasteiger partial charge is 0.480 e. The molecule has 0 unspecified atom stereocenters. The van der Waals surface area contributed by atoms with E-state index in [1.165, 1.54) is 16.7 Å². The second-order valence-electron chi connectivity index (χ2n) is 5.34. The van der Waals surface area contributed by atoms with Gasteiger partial charge in [-0.3, -0.25) is 4.79 Å². The van der Waals surface area contributed by atoms with E-state index in [2.05, 4.69) is 10.2 Å². The van der Waals surface area contributed by atoms with Crippen molar-refractivity contribution >= 4 is 23.6 Å². The Morgan fingerprint density at radius 2 is 2.24 bits per heavy atom. The topological polar surface area (TPSA) is 88.3 Å². The highest BCUT2D eigenvalue weighted by Gasteiger charge is 2.31. The molecule has 1 atom stereocenters. The lowest BCUT2D eigenvalue weighted by Crippen LogP contribution is -2.48. The molecule has 0 aromatic carbocycles. The van der Waals surface area contributed by atoms with Crippen LogP contribution in [0.1, 0.15) is 39.2 Å². The van der Waals surface area contributed by atoms with Crippen LogP contribution in [0.15, 0.2) is 11.5 Å². The second-order valence-corrected chi connectivity index (χ2v) is 6.28. The quantitative estimate of drug-likeness (QED) is 0.827. The summed E-state index contributed by atoms with van der Waals surface area (Å²) in [5, 5.41) is 17.7. The third-order valence-electron chi connectivity index (χ3n) is 3.53. The standard InChI is InChI=1S/C13H20N4O3S/c1-9(2)17-8-14-15-13(17)21-7-11(18)16-6-4-3-5-10(16)12(19)20/h8-10H,3-7H2,1-2H3,(H,19,20)/t10-/m1/s1. The van der Waals surface area contributed by atoms with Crippen molar-refractivity contribution in [3.8, 4) is 0 Å². The number of rotatable bonds is 5. The van der Waals surface area contributed by atoms with Gasteiger partial charge in [-0.25, -0.2) is 4.79 Å².